The van der Waals surface area contributed by atoms with Gasteiger partial charge in [0.2, 0.25) is 0 Å². The highest BCUT2D eigenvalue weighted by Gasteiger charge is 2.30. The molecule has 1 atom stereocenters. The van der Waals surface area contributed by atoms with Crippen molar-refractivity contribution in [1.29, 1.82) is 0 Å². The number of rotatable bonds is 6. The summed E-state index contributed by atoms with van der Waals surface area (Å²) >= 11 is 0. The standard InChI is InChI=1S/C19H22N2O4S/c1-14(13-25-2)20-19(22)16-7-5-8-17(12-16)26(23,24)21-11-10-15-6-3-4-9-18(15)21/h3-9,12,14H,10-11,13H2,1-2H3,(H,20,22). The molecule has 0 aliphatic carbocycles. The zero-order valence-corrected chi connectivity index (χ0v) is 15.6. The molecule has 7 heteroatoms. The van der Waals surface area contributed by atoms with E-state index in [2.05, 4.69) is 5.32 Å². The summed E-state index contributed by atoms with van der Waals surface area (Å²) in [4.78, 5) is 12.5. The second kappa shape index (κ2) is 7.47. The molecule has 3 rings (SSSR count). The molecule has 1 unspecified atom stereocenters. The fourth-order valence-corrected chi connectivity index (χ4v) is 4.63. The number of para-hydroxylation sites is 1. The quantitative estimate of drug-likeness (QED) is 0.841. The zero-order chi connectivity index (χ0) is 18.7. The molecule has 1 N–H and O–H groups in total. The number of carbonyl (C=O) groups excluding carboxylic acids is 1. The van der Waals surface area contributed by atoms with Gasteiger partial charge in [0.1, 0.15) is 0 Å². The maximum Gasteiger partial charge on any atom is 0.264 e. The Hall–Kier alpha value is -2.38. The molecular formula is C19H22N2O4S. The van der Waals surface area contributed by atoms with Crippen LogP contribution in [0.5, 0.6) is 0 Å². The highest BCUT2D eigenvalue weighted by Crippen LogP contribution is 2.32. The summed E-state index contributed by atoms with van der Waals surface area (Å²) in [7, 11) is -2.16. The number of sulfonamides is 1. The molecule has 0 saturated carbocycles. The van der Waals surface area contributed by atoms with Crippen LogP contribution in [0.1, 0.15) is 22.8 Å². The van der Waals surface area contributed by atoms with E-state index < -0.39 is 10.0 Å². The van der Waals surface area contributed by atoms with Gasteiger partial charge < -0.3 is 10.1 Å². The van der Waals surface area contributed by atoms with Crippen LogP contribution in [0.2, 0.25) is 0 Å². The van der Waals surface area contributed by atoms with Crippen molar-refractivity contribution in [3.8, 4) is 0 Å². The van der Waals surface area contributed by atoms with E-state index in [1.165, 1.54) is 16.4 Å². The van der Waals surface area contributed by atoms with E-state index in [1.54, 1.807) is 19.2 Å². The number of benzene rings is 2. The SMILES string of the molecule is COCC(C)NC(=O)c1cccc(S(=O)(=O)N2CCc3ccccc32)c1. The van der Waals surface area contributed by atoms with Crippen molar-refractivity contribution in [2.75, 3.05) is 24.6 Å². The first kappa shape index (κ1) is 18.4. The van der Waals surface area contributed by atoms with E-state index in [1.807, 2.05) is 31.2 Å². The number of anilines is 1. The minimum absolute atomic E-state index is 0.112. The molecular weight excluding hydrogens is 352 g/mol. The highest BCUT2D eigenvalue weighted by molar-refractivity contribution is 7.92. The largest absolute Gasteiger partial charge is 0.383 e. The van der Waals surface area contributed by atoms with Crippen LogP contribution >= 0.6 is 0 Å². The van der Waals surface area contributed by atoms with Gasteiger partial charge in [-0.3, -0.25) is 9.10 Å². The van der Waals surface area contributed by atoms with E-state index in [-0.39, 0.29) is 16.8 Å². The lowest BCUT2D eigenvalue weighted by molar-refractivity contribution is 0.0905. The number of hydrogen-bond donors (Lipinski definition) is 1. The van der Waals surface area contributed by atoms with Gasteiger partial charge in [-0.1, -0.05) is 24.3 Å². The summed E-state index contributed by atoms with van der Waals surface area (Å²) in [5.74, 6) is -0.326. The second-order valence-corrected chi connectivity index (χ2v) is 8.18. The number of nitrogens with one attached hydrogen (secondary N) is 1. The lowest BCUT2D eigenvalue weighted by Crippen LogP contribution is -2.35. The fourth-order valence-electron chi connectivity index (χ4n) is 3.08. The van der Waals surface area contributed by atoms with Crippen molar-refractivity contribution in [3.05, 3.63) is 59.7 Å². The minimum Gasteiger partial charge on any atom is -0.383 e. The van der Waals surface area contributed by atoms with Crippen LogP contribution in [0.4, 0.5) is 5.69 Å². The summed E-state index contributed by atoms with van der Waals surface area (Å²) in [6.07, 6.45) is 0.685. The first-order chi connectivity index (χ1) is 12.4. The fraction of sp³-hybridized carbons (Fsp3) is 0.316. The van der Waals surface area contributed by atoms with Gasteiger partial charge in [-0.2, -0.15) is 0 Å². The van der Waals surface area contributed by atoms with Crippen LogP contribution in [0.3, 0.4) is 0 Å². The molecule has 2 aromatic carbocycles. The molecule has 1 aliphatic rings. The Balaban J connectivity index is 1.87. The topological polar surface area (TPSA) is 75.7 Å². The monoisotopic (exact) mass is 374 g/mol. The lowest BCUT2D eigenvalue weighted by Gasteiger charge is -2.20. The van der Waals surface area contributed by atoms with Crippen LogP contribution in [-0.2, 0) is 21.2 Å². The van der Waals surface area contributed by atoms with E-state index in [0.29, 0.717) is 30.8 Å². The molecule has 1 amide bonds. The van der Waals surface area contributed by atoms with E-state index in [4.69, 9.17) is 4.74 Å². The van der Waals surface area contributed by atoms with Crippen LogP contribution in [0, 0.1) is 0 Å². The highest BCUT2D eigenvalue weighted by atomic mass is 32.2. The Bertz CT molecular complexity index is 911. The third-order valence-corrected chi connectivity index (χ3v) is 6.13. The number of carbonyl (C=O) groups is 1. The van der Waals surface area contributed by atoms with Crippen molar-refractivity contribution in [2.45, 2.75) is 24.3 Å². The molecule has 1 aliphatic heterocycles. The predicted octanol–water partition coefficient (Wildman–Crippen LogP) is 2.20. The number of fused-ring (bicyclic) bond motifs is 1. The molecule has 6 nitrogen and oxygen atoms in total. The van der Waals surface area contributed by atoms with Crippen LogP contribution < -0.4 is 9.62 Å². The summed E-state index contributed by atoms with van der Waals surface area (Å²) in [6.45, 7) is 2.61. The van der Waals surface area contributed by atoms with Gasteiger partial charge in [0.25, 0.3) is 15.9 Å². The molecule has 138 valence electrons. The number of hydrogen-bond acceptors (Lipinski definition) is 4. The van der Waals surface area contributed by atoms with Crippen molar-refractivity contribution < 1.29 is 17.9 Å². The minimum atomic E-state index is -3.72. The molecule has 26 heavy (non-hydrogen) atoms. The van der Waals surface area contributed by atoms with Crippen molar-refractivity contribution in [3.63, 3.8) is 0 Å². The number of nitrogens with zero attached hydrogens (tertiary/aromatic N) is 1. The number of ether oxygens (including phenoxy) is 1. The Labute approximate surface area is 153 Å². The number of methoxy groups -OCH3 is 1. The van der Waals surface area contributed by atoms with Crippen LogP contribution in [0.25, 0.3) is 0 Å². The lowest BCUT2D eigenvalue weighted by atomic mass is 10.2. The summed E-state index contributed by atoms with van der Waals surface area (Å²) in [5.41, 5.74) is 2.02. The molecule has 0 aromatic heterocycles. The first-order valence-electron chi connectivity index (χ1n) is 8.44. The molecule has 0 spiro atoms. The summed E-state index contributed by atoms with van der Waals surface area (Å²) < 4.78 is 32.6. The maximum absolute atomic E-state index is 13.1. The Morgan fingerprint density at radius 1 is 1.23 bits per heavy atom. The van der Waals surface area contributed by atoms with Gasteiger partial charge in [0.15, 0.2) is 0 Å². The normalized spacial score (nSPS) is 14.8. The van der Waals surface area contributed by atoms with Crippen LogP contribution in [0.15, 0.2) is 53.4 Å². The van der Waals surface area contributed by atoms with E-state index in [0.717, 1.165) is 5.56 Å². The third kappa shape index (κ3) is 3.59. The first-order valence-corrected chi connectivity index (χ1v) is 9.88. The Kier molecular flexibility index (Phi) is 5.29. The van der Waals surface area contributed by atoms with Crippen molar-refractivity contribution in [1.82, 2.24) is 5.32 Å². The summed E-state index contributed by atoms with van der Waals surface area (Å²) in [5, 5.41) is 2.79. The second-order valence-electron chi connectivity index (χ2n) is 6.31. The van der Waals surface area contributed by atoms with Crippen molar-refractivity contribution in [2.24, 2.45) is 0 Å². The maximum atomic E-state index is 13.1. The summed E-state index contributed by atoms with van der Waals surface area (Å²) in [6, 6.07) is 13.4. The van der Waals surface area contributed by atoms with Crippen LogP contribution in [-0.4, -0.2) is 40.6 Å². The average molecular weight is 374 g/mol. The van der Waals surface area contributed by atoms with Gasteiger partial charge in [0.05, 0.1) is 17.2 Å². The molecule has 0 radical (unpaired) electrons. The predicted molar refractivity (Wildman–Crippen MR) is 99.9 cm³/mol. The van der Waals surface area contributed by atoms with Gasteiger partial charge in [-0.25, -0.2) is 8.42 Å². The zero-order valence-electron chi connectivity index (χ0n) is 14.8. The molecule has 0 fully saturated rings. The van der Waals surface area contributed by atoms with E-state index in [9.17, 15) is 13.2 Å². The Morgan fingerprint density at radius 2 is 2.00 bits per heavy atom. The average Bonchev–Trinajstić information content (AvgIpc) is 3.07. The number of amides is 1. The molecule has 1 heterocycles. The third-order valence-electron chi connectivity index (χ3n) is 4.32. The molecule has 0 bridgehead atoms. The molecule has 0 saturated heterocycles. The van der Waals surface area contributed by atoms with Crippen molar-refractivity contribution >= 4 is 21.6 Å². The van der Waals surface area contributed by atoms with Gasteiger partial charge in [-0.05, 0) is 43.2 Å². The van der Waals surface area contributed by atoms with E-state index >= 15 is 0 Å². The molecule has 2 aromatic rings. The van der Waals surface area contributed by atoms with Gasteiger partial charge in [0, 0.05) is 25.3 Å². The smallest absolute Gasteiger partial charge is 0.264 e. The Morgan fingerprint density at radius 3 is 2.77 bits per heavy atom. The van der Waals surface area contributed by atoms with Gasteiger partial charge in [-0.15, -0.1) is 0 Å². The van der Waals surface area contributed by atoms with Gasteiger partial charge >= 0.3 is 0 Å².